The molecule has 0 N–H and O–H groups in total. The Morgan fingerprint density at radius 2 is 2.00 bits per heavy atom. The summed E-state index contributed by atoms with van der Waals surface area (Å²) in [6, 6.07) is 3.43. The van der Waals surface area contributed by atoms with Gasteiger partial charge in [0, 0.05) is 5.56 Å². The van der Waals surface area contributed by atoms with E-state index < -0.39 is 11.6 Å². The second-order valence-electron chi connectivity index (χ2n) is 3.88. The van der Waals surface area contributed by atoms with Crippen LogP contribution < -0.4 is 0 Å². The third kappa shape index (κ3) is 2.39. The lowest BCUT2D eigenvalue weighted by atomic mass is 10.2. The van der Waals surface area contributed by atoms with E-state index in [1.165, 1.54) is 6.07 Å². The molecule has 0 radical (unpaired) electrons. The first-order valence-electron chi connectivity index (χ1n) is 5.12. The van der Waals surface area contributed by atoms with E-state index in [1.807, 2.05) is 13.8 Å². The number of rotatable bonds is 2. The zero-order valence-electron chi connectivity index (χ0n) is 9.47. The van der Waals surface area contributed by atoms with Crippen LogP contribution in [0, 0.1) is 25.5 Å². The van der Waals surface area contributed by atoms with Crippen LogP contribution in [0.2, 0.25) is 0 Å². The molecule has 2 rings (SSSR count). The molecule has 1 aromatic heterocycles. The lowest BCUT2D eigenvalue weighted by molar-refractivity contribution is 0.561. The number of halogens is 3. The maximum absolute atomic E-state index is 13.5. The van der Waals surface area contributed by atoms with Crippen LogP contribution in [0.4, 0.5) is 8.78 Å². The van der Waals surface area contributed by atoms with Crippen molar-refractivity contribution in [3.8, 4) is 0 Å². The molecule has 17 heavy (non-hydrogen) atoms. The summed E-state index contributed by atoms with van der Waals surface area (Å²) in [6.45, 7) is 3.96. The molecule has 0 saturated heterocycles. The predicted molar refractivity (Wildman–Crippen MR) is 64.9 cm³/mol. The van der Waals surface area contributed by atoms with Crippen LogP contribution in [-0.2, 0) is 6.54 Å². The summed E-state index contributed by atoms with van der Waals surface area (Å²) >= 11 is 3.40. The summed E-state index contributed by atoms with van der Waals surface area (Å²) in [5, 5.41) is 4.26. The molecule has 1 aromatic carbocycles. The Labute approximate surface area is 106 Å². The van der Waals surface area contributed by atoms with Crippen LogP contribution in [-0.4, -0.2) is 9.78 Å². The van der Waals surface area contributed by atoms with Gasteiger partial charge < -0.3 is 0 Å². The van der Waals surface area contributed by atoms with Crippen LogP contribution in [0.5, 0.6) is 0 Å². The fourth-order valence-corrected chi connectivity index (χ4v) is 1.94. The van der Waals surface area contributed by atoms with E-state index in [9.17, 15) is 8.78 Å². The predicted octanol–water partition coefficient (Wildman–Crippen LogP) is 3.59. The minimum Gasteiger partial charge on any atom is -0.264 e. The highest BCUT2D eigenvalue weighted by Crippen LogP contribution is 2.21. The van der Waals surface area contributed by atoms with Gasteiger partial charge in [0.2, 0.25) is 0 Å². The van der Waals surface area contributed by atoms with Gasteiger partial charge in [-0.3, -0.25) is 4.68 Å². The fourth-order valence-electron chi connectivity index (χ4n) is 1.65. The van der Waals surface area contributed by atoms with Crippen molar-refractivity contribution in [2.45, 2.75) is 20.4 Å². The van der Waals surface area contributed by atoms with Gasteiger partial charge in [0.05, 0.1) is 22.4 Å². The van der Waals surface area contributed by atoms with Gasteiger partial charge in [0.25, 0.3) is 0 Å². The van der Waals surface area contributed by atoms with Crippen molar-refractivity contribution < 1.29 is 8.78 Å². The van der Waals surface area contributed by atoms with Gasteiger partial charge in [0.15, 0.2) is 0 Å². The van der Waals surface area contributed by atoms with E-state index in [1.54, 1.807) is 4.68 Å². The zero-order chi connectivity index (χ0) is 12.6. The average molecular weight is 301 g/mol. The molecule has 0 aliphatic heterocycles. The van der Waals surface area contributed by atoms with Crippen molar-refractivity contribution in [3.63, 3.8) is 0 Å². The summed E-state index contributed by atoms with van der Waals surface area (Å²) < 4.78 is 29.1. The van der Waals surface area contributed by atoms with Gasteiger partial charge in [-0.1, -0.05) is 0 Å². The molecule has 1 heterocycles. The molecule has 2 aromatic rings. The van der Waals surface area contributed by atoms with Crippen molar-refractivity contribution in [2.24, 2.45) is 0 Å². The van der Waals surface area contributed by atoms with Crippen molar-refractivity contribution in [1.82, 2.24) is 9.78 Å². The Morgan fingerprint density at radius 1 is 1.29 bits per heavy atom. The largest absolute Gasteiger partial charge is 0.264 e. The van der Waals surface area contributed by atoms with Crippen LogP contribution in [0.3, 0.4) is 0 Å². The third-order valence-electron chi connectivity index (χ3n) is 2.62. The summed E-state index contributed by atoms with van der Waals surface area (Å²) in [7, 11) is 0. The molecule has 90 valence electrons. The van der Waals surface area contributed by atoms with Crippen molar-refractivity contribution in [1.29, 1.82) is 0 Å². The maximum atomic E-state index is 13.5. The highest BCUT2D eigenvalue weighted by Gasteiger charge is 2.11. The van der Waals surface area contributed by atoms with E-state index in [0.29, 0.717) is 5.56 Å². The minimum absolute atomic E-state index is 0.224. The normalized spacial score (nSPS) is 10.9. The second kappa shape index (κ2) is 4.56. The Hall–Kier alpha value is -1.23. The van der Waals surface area contributed by atoms with Crippen LogP contribution >= 0.6 is 15.9 Å². The quantitative estimate of drug-likeness (QED) is 0.829. The second-order valence-corrected chi connectivity index (χ2v) is 4.67. The van der Waals surface area contributed by atoms with Crippen molar-refractivity contribution in [2.75, 3.05) is 0 Å². The molecule has 0 amide bonds. The van der Waals surface area contributed by atoms with E-state index >= 15 is 0 Å². The number of hydrogen-bond acceptors (Lipinski definition) is 1. The SMILES string of the molecule is Cc1nn(Cc2cc(F)ccc2F)c(C)c1Br. The molecular formula is C12H11BrF2N2. The van der Waals surface area contributed by atoms with Gasteiger partial charge in [-0.2, -0.15) is 5.10 Å². The van der Waals surface area contributed by atoms with Crippen LogP contribution in [0.25, 0.3) is 0 Å². The highest BCUT2D eigenvalue weighted by atomic mass is 79.9. The molecule has 0 spiro atoms. The van der Waals surface area contributed by atoms with Gasteiger partial charge in [-0.05, 0) is 48.0 Å². The van der Waals surface area contributed by atoms with Crippen LogP contribution in [0.15, 0.2) is 22.7 Å². The topological polar surface area (TPSA) is 17.8 Å². The van der Waals surface area contributed by atoms with Gasteiger partial charge in [-0.25, -0.2) is 8.78 Å². The Bertz CT molecular complexity index is 564. The lowest BCUT2D eigenvalue weighted by Gasteiger charge is -2.06. The third-order valence-corrected chi connectivity index (χ3v) is 3.77. The zero-order valence-corrected chi connectivity index (χ0v) is 11.1. The maximum Gasteiger partial charge on any atom is 0.128 e. The fraction of sp³-hybridized carbons (Fsp3) is 0.250. The molecule has 2 nitrogen and oxygen atoms in total. The molecule has 0 fully saturated rings. The lowest BCUT2D eigenvalue weighted by Crippen LogP contribution is -2.06. The van der Waals surface area contributed by atoms with Gasteiger partial charge in [-0.15, -0.1) is 0 Å². The minimum atomic E-state index is -0.443. The highest BCUT2D eigenvalue weighted by molar-refractivity contribution is 9.10. The smallest absolute Gasteiger partial charge is 0.128 e. The molecule has 0 atom stereocenters. The average Bonchev–Trinajstić information content (AvgIpc) is 2.52. The summed E-state index contributed by atoms with van der Waals surface area (Å²) in [5.74, 6) is -0.864. The first-order chi connectivity index (χ1) is 7.99. The molecular weight excluding hydrogens is 290 g/mol. The molecule has 0 aliphatic rings. The summed E-state index contributed by atoms with van der Waals surface area (Å²) in [4.78, 5) is 0. The van der Waals surface area contributed by atoms with Gasteiger partial charge in [0.1, 0.15) is 11.6 Å². The Morgan fingerprint density at radius 3 is 2.59 bits per heavy atom. The molecule has 0 unspecified atom stereocenters. The molecule has 0 aliphatic carbocycles. The number of nitrogens with zero attached hydrogens (tertiary/aromatic N) is 2. The standard InChI is InChI=1S/C12H11BrF2N2/c1-7-12(13)8(2)17(16-7)6-9-5-10(14)3-4-11(9)15/h3-5H,6H2,1-2H3. The Balaban J connectivity index is 2.37. The number of benzene rings is 1. The van der Waals surface area contributed by atoms with Crippen molar-refractivity contribution >= 4 is 15.9 Å². The number of aryl methyl sites for hydroxylation is 1. The van der Waals surface area contributed by atoms with Crippen molar-refractivity contribution in [3.05, 3.63) is 51.3 Å². The summed E-state index contributed by atoms with van der Waals surface area (Å²) in [6.07, 6.45) is 0. The molecule has 5 heteroatoms. The monoisotopic (exact) mass is 300 g/mol. The van der Waals surface area contributed by atoms with Crippen LogP contribution in [0.1, 0.15) is 17.0 Å². The van der Waals surface area contributed by atoms with Gasteiger partial charge >= 0.3 is 0 Å². The first kappa shape index (κ1) is 12.2. The van der Waals surface area contributed by atoms with E-state index in [2.05, 4.69) is 21.0 Å². The van der Waals surface area contributed by atoms with E-state index in [0.717, 1.165) is 28.0 Å². The molecule has 0 bridgehead atoms. The number of aromatic nitrogens is 2. The number of hydrogen-bond donors (Lipinski definition) is 0. The Kier molecular flexibility index (Phi) is 3.28. The van der Waals surface area contributed by atoms with E-state index in [4.69, 9.17) is 0 Å². The molecule has 0 saturated carbocycles. The van der Waals surface area contributed by atoms with E-state index in [-0.39, 0.29) is 6.54 Å². The summed E-state index contributed by atoms with van der Waals surface area (Å²) in [5.41, 5.74) is 2.02. The first-order valence-corrected chi connectivity index (χ1v) is 5.91.